The SMILES string of the molecule is CCc1cccc(C(C)O)c1-c1ccccc1O. The van der Waals surface area contributed by atoms with Crippen molar-refractivity contribution in [3.8, 4) is 16.9 Å². The third kappa shape index (κ3) is 2.24. The lowest BCUT2D eigenvalue weighted by Gasteiger charge is -2.17. The van der Waals surface area contributed by atoms with Gasteiger partial charge < -0.3 is 10.2 Å². The number of rotatable bonds is 3. The first kappa shape index (κ1) is 12.7. The second-order valence-corrected chi connectivity index (χ2v) is 4.43. The number of hydrogen-bond acceptors (Lipinski definition) is 2. The Hall–Kier alpha value is -1.80. The van der Waals surface area contributed by atoms with E-state index in [2.05, 4.69) is 6.92 Å². The molecule has 1 unspecified atom stereocenters. The Balaban J connectivity index is 2.72. The Labute approximate surface area is 108 Å². The number of phenolic OH excluding ortho intramolecular Hbond substituents is 1. The summed E-state index contributed by atoms with van der Waals surface area (Å²) in [5.41, 5.74) is 3.73. The fraction of sp³-hybridized carbons (Fsp3) is 0.250. The van der Waals surface area contributed by atoms with Gasteiger partial charge in [0.05, 0.1) is 6.10 Å². The zero-order chi connectivity index (χ0) is 13.1. The summed E-state index contributed by atoms with van der Waals surface area (Å²) in [5.74, 6) is 0.250. The highest BCUT2D eigenvalue weighted by molar-refractivity contribution is 5.76. The van der Waals surface area contributed by atoms with Crippen LogP contribution < -0.4 is 0 Å². The van der Waals surface area contributed by atoms with Crippen LogP contribution in [0.15, 0.2) is 42.5 Å². The molecule has 2 N–H and O–H groups in total. The van der Waals surface area contributed by atoms with Crippen LogP contribution in [0.25, 0.3) is 11.1 Å². The number of aromatic hydroxyl groups is 1. The molecule has 2 aromatic carbocycles. The zero-order valence-corrected chi connectivity index (χ0v) is 10.7. The summed E-state index contributed by atoms with van der Waals surface area (Å²) in [6.07, 6.45) is 0.315. The molecule has 94 valence electrons. The van der Waals surface area contributed by atoms with E-state index >= 15 is 0 Å². The summed E-state index contributed by atoms with van der Waals surface area (Å²) < 4.78 is 0. The van der Waals surface area contributed by atoms with Gasteiger partial charge in [-0.25, -0.2) is 0 Å². The van der Waals surface area contributed by atoms with Crippen LogP contribution in [0, 0.1) is 0 Å². The van der Waals surface area contributed by atoms with Crippen molar-refractivity contribution < 1.29 is 10.2 Å². The van der Waals surface area contributed by atoms with E-state index in [1.54, 1.807) is 19.1 Å². The number of hydrogen-bond donors (Lipinski definition) is 2. The van der Waals surface area contributed by atoms with Crippen LogP contribution in [0.3, 0.4) is 0 Å². The van der Waals surface area contributed by atoms with Gasteiger partial charge in [0.1, 0.15) is 5.75 Å². The summed E-state index contributed by atoms with van der Waals surface area (Å²) >= 11 is 0. The number of aliphatic hydroxyl groups is 1. The van der Waals surface area contributed by atoms with Gasteiger partial charge in [-0.05, 0) is 36.1 Å². The monoisotopic (exact) mass is 242 g/mol. The van der Waals surface area contributed by atoms with Crippen molar-refractivity contribution in [1.82, 2.24) is 0 Å². The van der Waals surface area contributed by atoms with E-state index in [9.17, 15) is 10.2 Å². The quantitative estimate of drug-likeness (QED) is 0.862. The van der Waals surface area contributed by atoms with Gasteiger partial charge in [0.15, 0.2) is 0 Å². The maximum absolute atomic E-state index is 10.0. The minimum absolute atomic E-state index is 0.250. The van der Waals surface area contributed by atoms with E-state index in [4.69, 9.17) is 0 Å². The molecule has 0 aromatic heterocycles. The Kier molecular flexibility index (Phi) is 3.68. The molecule has 2 nitrogen and oxygen atoms in total. The van der Waals surface area contributed by atoms with E-state index in [1.807, 2.05) is 30.3 Å². The van der Waals surface area contributed by atoms with Gasteiger partial charge in [0, 0.05) is 5.56 Å². The molecule has 18 heavy (non-hydrogen) atoms. The fourth-order valence-corrected chi connectivity index (χ4v) is 2.28. The molecule has 2 heteroatoms. The Bertz CT molecular complexity index is 545. The topological polar surface area (TPSA) is 40.5 Å². The summed E-state index contributed by atoms with van der Waals surface area (Å²) in [4.78, 5) is 0. The fourth-order valence-electron chi connectivity index (χ4n) is 2.28. The van der Waals surface area contributed by atoms with Crippen LogP contribution in [-0.4, -0.2) is 10.2 Å². The lowest BCUT2D eigenvalue weighted by atomic mass is 9.90. The molecule has 2 aromatic rings. The summed E-state index contributed by atoms with van der Waals surface area (Å²) in [5, 5.41) is 19.9. The molecule has 0 bridgehead atoms. The molecule has 0 aliphatic rings. The number of aliphatic hydroxyl groups excluding tert-OH is 1. The van der Waals surface area contributed by atoms with Gasteiger partial charge in [-0.3, -0.25) is 0 Å². The van der Waals surface area contributed by atoms with Crippen LogP contribution in [0.5, 0.6) is 5.75 Å². The van der Waals surface area contributed by atoms with Gasteiger partial charge in [-0.15, -0.1) is 0 Å². The summed E-state index contributed by atoms with van der Waals surface area (Å²) in [6.45, 7) is 3.82. The van der Waals surface area contributed by atoms with Crippen LogP contribution in [0.1, 0.15) is 31.1 Å². The standard InChI is InChI=1S/C16H18O2/c1-3-12-7-6-9-13(11(2)17)16(12)14-8-4-5-10-15(14)18/h4-11,17-18H,3H2,1-2H3. The van der Waals surface area contributed by atoms with Crippen LogP contribution in [-0.2, 0) is 6.42 Å². The molecule has 0 aliphatic heterocycles. The van der Waals surface area contributed by atoms with Crippen molar-refractivity contribution in [2.24, 2.45) is 0 Å². The first-order valence-corrected chi connectivity index (χ1v) is 6.23. The van der Waals surface area contributed by atoms with Crippen molar-refractivity contribution in [2.45, 2.75) is 26.4 Å². The van der Waals surface area contributed by atoms with Gasteiger partial charge in [0.25, 0.3) is 0 Å². The Morgan fingerprint density at radius 2 is 1.78 bits per heavy atom. The van der Waals surface area contributed by atoms with Gasteiger partial charge in [-0.1, -0.05) is 43.3 Å². The first-order valence-electron chi connectivity index (χ1n) is 6.23. The number of benzene rings is 2. The zero-order valence-electron chi connectivity index (χ0n) is 10.7. The number of phenols is 1. The van der Waals surface area contributed by atoms with Crippen molar-refractivity contribution in [3.05, 3.63) is 53.6 Å². The molecular weight excluding hydrogens is 224 g/mol. The predicted molar refractivity (Wildman–Crippen MR) is 73.6 cm³/mol. The lowest BCUT2D eigenvalue weighted by molar-refractivity contribution is 0.200. The third-order valence-electron chi connectivity index (χ3n) is 3.19. The molecule has 0 amide bonds. The largest absolute Gasteiger partial charge is 0.507 e. The minimum Gasteiger partial charge on any atom is -0.507 e. The Morgan fingerprint density at radius 1 is 1.06 bits per heavy atom. The molecular formula is C16H18O2. The maximum atomic E-state index is 10.0. The van der Waals surface area contributed by atoms with Crippen LogP contribution in [0.4, 0.5) is 0 Å². The molecule has 0 radical (unpaired) electrons. The third-order valence-corrected chi connectivity index (χ3v) is 3.19. The average Bonchev–Trinajstić information content (AvgIpc) is 2.38. The second kappa shape index (κ2) is 5.23. The van der Waals surface area contributed by atoms with Gasteiger partial charge in [-0.2, -0.15) is 0 Å². The lowest BCUT2D eigenvalue weighted by Crippen LogP contribution is -1.99. The summed E-state index contributed by atoms with van der Waals surface area (Å²) in [6, 6.07) is 13.1. The van der Waals surface area contributed by atoms with E-state index in [1.165, 1.54) is 0 Å². The van der Waals surface area contributed by atoms with Crippen molar-refractivity contribution in [1.29, 1.82) is 0 Å². The molecule has 0 fully saturated rings. The van der Waals surface area contributed by atoms with Gasteiger partial charge >= 0.3 is 0 Å². The van der Waals surface area contributed by atoms with Crippen molar-refractivity contribution in [3.63, 3.8) is 0 Å². The molecule has 0 aliphatic carbocycles. The molecule has 2 rings (SSSR count). The molecule has 0 heterocycles. The van der Waals surface area contributed by atoms with E-state index in [0.29, 0.717) is 0 Å². The first-order chi connectivity index (χ1) is 8.65. The highest BCUT2D eigenvalue weighted by atomic mass is 16.3. The van der Waals surface area contributed by atoms with E-state index in [-0.39, 0.29) is 5.75 Å². The number of para-hydroxylation sites is 1. The van der Waals surface area contributed by atoms with Crippen molar-refractivity contribution >= 4 is 0 Å². The summed E-state index contributed by atoms with van der Waals surface area (Å²) in [7, 11) is 0. The smallest absolute Gasteiger partial charge is 0.123 e. The average molecular weight is 242 g/mol. The van der Waals surface area contributed by atoms with E-state index < -0.39 is 6.10 Å². The Morgan fingerprint density at radius 3 is 2.39 bits per heavy atom. The second-order valence-electron chi connectivity index (χ2n) is 4.43. The highest BCUT2D eigenvalue weighted by Gasteiger charge is 2.15. The highest BCUT2D eigenvalue weighted by Crippen LogP contribution is 2.36. The van der Waals surface area contributed by atoms with E-state index in [0.717, 1.165) is 28.7 Å². The molecule has 0 saturated carbocycles. The molecule has 0 spiro atoms. The number of aryl methyl sites for hydroxylation is 1. The van der Waals surface area contributed by atoms with Crippen LogP contribution >= 0.6 is 0 Å². The van der Waals surface area contributed by atoms with Crippen LogP contribution in [0.2, 0.25) is 0 Å². The van der Waals surface area contributed by atoms with Gasteiger partial charge in [0.2, 0.25) is 0 Å². The normalized spacial score (nSPS) is 12.4. The predicted octanol–water partition coefficient (Wildman–Crippen LogP) is 3.67. The maximum Gasteiger partial charge on any atom is 0.123 e. The minimum atomic E-state index is -0.550. The van der Waals surface area contributed by atoms with Crippen molar-refractivity contribution in [2.75, 3.05) is 0 Å². The molecule has 0 saturated heterocycles. The molecule has 1 atom stereocenters.